The van der Waals surface area contributed by atoms with Gasteiger partial charge in [-0.3, -0.25) is 0 Å². The van der Waals surface area contributed by atoms with E-state index in [2.05, 4.69) is 15.3 Å². The molecule has 10 heteroatoms. The summed E-state index contributed by atoms with van der Waals surface area (Å²) in [5, 5.41) is 18.8. The Morgan fingerprint density at radius 3 is 2.84 bits per heavy atom. The minimum Gasteiger partial charge on any atom is -0.379 e. The van der Waals surface area contributed by atoms with E-state index >= 15 is 0 Å². The summed E-state index contributed by atoms with van der Waals surface area (Å²) in [7, 11) is -3.69. The fourth-order valence-electron chi connectivity index (χ4n) is 2.96. The number of aromatic nitrogens is 3. The summed E-state index contributed by atoms with van der Waals surface area (Å²) in [4.78, 5) is 4.02. The second-order valence-electron chi connectivity index (χ2n) is 6.14. The van der Waals surface area contributed by atoms with Gasteiger partial charge in [-0.2, -0.15) is 9.29 Å². The predicted molar refractivity (Wildman–Crippen MR) is 85.8 cm³/mol. The highest BCUT2D eigenvalue weighted by molar-refractivity contribution is 7.88. The third-order valence-corrected chi connectivity index (χ3v) is 6.04. The molecule has 1 atom stereocenters. The normalized spacial score (nSPS) is 22.0. The van der Waals surface area contributed by atoms with Crippen LogP contribution in [0.15, 0.2) is 33.3 Å². The largest absolute Gasteiger partial charge is 0.379 e. The number of aliphatic hydroxyl groups is 1. The fraction of sp³-hybridized carbons (Fsp3) is 0.400. The van der Waals surface area contributed by atoms with Gasteiger partial charge in [-0.05, 0) is 19.1 Å². The van der Waals surface area contributed by atoms with E-state index in [4.69, 9.17) is 9.05 Å². The molecule has 2 aromatic heterocycles. The molecule has 132 valence electrons. The monoisotopic (exact) mass is 364 g/mol. The fourth-order valence-corrected chi connectivity index (χ4v) is 4.48. The van der Waals surface area contributed by atoms with Crippen LogP contribution in [0.1, 0.15) is 23.8 Å². The summed E-state index contributed by atoms with van der Waals surface area (Å²) in [6, 6.07) is 7.07. The van der Waals surface area contributed by atoms with Gasteiger partial charge in [-0.15, -0.1) is 0 Å². The number of aryl methyl sites for hydroxylation is 1. The van der Waals surface area contributed by atoms with Crippen molar-refractivity contribution in [3.63, 3.8) is 0 Å². The molecule has 3 aromatic rings. The number of benzene rings is 1. The minimum absolute atomic E-state index is 0.0367. The molecule has 1 saturated heterocycles. The van der Waals surface area contributed by atoms with E-state index in [1.54, 1.807) is 31.2 Å². The van der Waals surface area contributed by atoms with Crippen LogP contribution in [0.5, 0.6) is 0 Å². The highest BCUT2D eigenvalue weighted by atomic mass is 32.2. The first kappa shape index (κ1) is 16.2. The summed E-state index contributed by atoms with van der Waals surface area (Å²) >= 11 is 0. The molecule has 0 saturated carbocycles. The number of para-hydroxylation sites is 1. The molecule has 1 aliphatic rings. The Balaban J connectivity index is 1.57. The Bertz CT molecular complexity index is 1030. The molecular weight excluding hydrogens is 348 g/mol. The number of sulfonamides is 1. The second kappa shape index (κ2) is 5.61. The Morgan fingerprint density at radius 1 is 1.28 bits per heavy atom. The van der Waals surface area contributed by atoms with Gasteiger partial charge in [0.1, 0.15) is 11.4 Å². The lowest BCUT2D eigenvalue weighted by atomic mass is 10.0. The number of rotatable bonds is 4. The van der Waals surface area contributed by atoms with Crippen LogP contribution in [0.4, 0.5) is 0 Å². The van der Waals surface area contributed by atoms with Gasteiger partial charge in [-0.25, -0.2) is 8.42 Å². The van der Waals surface area contributed by atoms with Gasteiger partial charge in [-0.1, -0.05) is 22.4 Å². The molecule has 1 aliphatic heterocycles. The highest BCUT2D eigenvalue weighted by Crippen LogP contribution is 2.33. The molecule has 0 radical (unpaired) electrons. The molecule has 4 rings (SSSR count). The van der Waals surface area contributed by atoms with Crippen molar-refractivity contribution in [2.75, 3.05) is 13.1 Å². The number of β-amino-alcohol motifs (C(OH)–C–C–N with tert-alkyl or cyclic N) is 1. The predicted octanol–water partition coefficient (Wildman–Crippen LogP) is 0.943. The molecule has 1 aromatic carbocycles. The first-order valence-electron chi connectivity index (χ1n) is 7.72. The van der Waals surface area contributed by atoms with Crippen LogP contribution in [0.2, 0.25) is 0 Å². The van der Waals surface area contributed by atoms with Crippen LogP contribution >= 0.6 is 0 Å². The first-order chi connectivity index (χ1) is 11.9. The Morgan fingerprint density at radius 2 is 2.08 bits per heavy atom. The van der Waals surface area contributed by atoms with Crippen molar-refractivity contribution in [3.8, 4) is 0 Å². The molecule has 0 bridgehead atoms. The Hall–Kier alpha value is -2.30. The molecule has 3 heterocycles. The highest BCUT2D eigenvalue weighted by Gasteiger charge is 2.46. The summed E-state index contributed by atoms with van der Waals surface area (Å²) in [5.41, 5.74) is -0.591. The van der Waals surface area contributed by atoms with Gasteiger partial charge in [0, 0.05) is 18.4 Å². The number of nitrogens with zero attached hydrogens (tertiary/aromatic N) is 4. The van der Waals surface area contributed by atoms with E-state index < -0.39 is 15.6 Å². The molecule has 0 aliphatic carbocycles. The van der Waals surface area contributed by atoms with E-state index in [0.29, 0.717) is 22.5 Å². The zero-order chi connectivity index (χ0) is 17.7. The second-order valence-corrected chi connectivity index (χ2v) is 8.11. The molecule has 1 fully saturated rings. The van der Waals surface area contributed by atoms with Crippen molar-refractivity contribution < 1.29 is 22.6 Å². The molecule has 1 N–H and O–H groups in total. The van der Waals surface area contributed by atoms with Crippen LogP contribution in [-0.4, -0.2) is 46.2 Å². The summed E-state index contributed by atoms with van der Waals surface area (Å²) in [6.45, 7) is 1.66. The van der Waals surface area contributed by atoms with Crippen LogP contribution in [-0.2, 0) is 21.4 Å². The lowest BCUT2D eigenvalue weighted by molar-refractivity contribution is 0.0194. The summed E-state index contributed by atoms with van der Waals surface area (Å²) in [6.07, 6.45) is 0.188. The zero-order valence-corrected chi connectivity index (χ0v) is 14.2. The number of hydrogen-bond donors (Lipinski definition) is 1. The topological polar surface area (TPSA) is 123 Å². The molecule has 9 nitrogen and oxygen atoms in total. The average molecular weight is 364 g/mol. The van der Waals surface area contributed by atoms with Gasteiger partial charge in [0.2, 0.25) is 10.0 Å². The van der Waals surface area contributed by atoms with Crippen LogP contribution in [0, 0.1) is 6.92 Å². The van der Waals surface area contributed by atoms with Crippen molar-refractivity contribution in [2.45, 2.75) is 24.7 Å². The third-order valence-electron chi connectivity index (χ3n) is 4.30. The van der Waals surface area contributed by atoms with Crippen LogP contribution in [0.25, 0.3) is 11.0 Å². The van der Waals surface area contributed by atoms with Gasteiger partial charge in [0.25, 0.3) is 5.89 Å². The molecule has 25 heavy (non-hydrogen) atoms. The van der Waals surface area contributed by atoms with E-state index in [0.717, 1.165) is 0 Å². The quantitative estimate of drug-likeness (QED) is 0.726. The molecule has 0 amide bonds. The van der Waals surface area contributed by atoms with Crippen LogP contribution in [0.3, 0.4) is 0 Å². The van der Waals surface area contributed by atoms with Crippen molar-refractivity contribution in [2.24, 2.45) is 0 Å². The van der Waals surface area contributed by atoms with Crippen molar-refractivity contribution in [1.29, 1.82) is 0 Å². The lowest BCUT2D eigenvalue weighted by Gasteiger charge is -2.19. The van der Waals surface area contributed by atoms with Gasteiger partial charge >= 0.3 is 0 Å². The maximum atomic E-state index is 12.7. The lowest BCUT2D eigenvalue weighted by Crippen LogP contribution is -2.35. The van der Waals surface area contributed by atoms with Crippen LogP contribution < -0.4 is 0 Å². The maximum absolute atomic E-state index is 12.7. The van der Waals surface area contributed by atoms with E-state index in [9.17, 15) is 13.5 Å². The number of fused-ring (bicyclic) bond motifs is 1. The standard InChI is InChI=1S/C15H16N4O5S/c1-10-16-14(24-17-10)15(20)6-7-19(9-15)25(21,22)8-12-11-4-2-3-5-13(11)23-18-12/h2-5,20H,6-9H2,1H3/t15-/m1/s1. The molecular formula is C15H16N4O5S. The third kappa shape index (κ3) is 2.81. The number of hydrogen-bond acceptors (Lipinski definition) is 8. The summed E-state index contributed by atoms with van der Waals surface area (Å²) < 4.78 is 36.9. The van der Waals surface area contributed by atoms with Crippen molar-refractivity contribution in [3.05, 3.63) is 41.7 Å². The SMILES string of the molecule is Cc1noc([C@@]2(O)CCN(S(=O)(=O)Cc3noc4ccccc34)C2)n1. The Kier molecular flexibility index (Phi) is 3.63. The maximum Gasteiger partial charge on any atom is 0.260 e. The van der Waals surface area contributed by atoms with Crippen molar-refractivity contribution >= 4 is 21.0 Å². The smallest absolute Gasteiger partial charge is 0.260 e. The minimum atomic E-state index is -3.69. The summed E-state index contributed by atoms with van der Waals surface area (Å²) in [5.74, 6) is 0.122. The molecule has 0 spiro atoms. The molecule has 0 unspecified atom stereocenters. The van der Waals surface area contributed by atoms with Gasteiger partial charge < -0.3 is 14.2 Å². The van der Waals surface area contributed by atoms with Gasteiger partial charge in [0.15, 0.2) is 17.0 Å². The van der Waals surface area contributed by atoms with E-state index in [1.807, 2.05) is 0 Å². The van der Waals surface area contributed by atoms with E-state index in [-0.39, 0.29) is 31.2 Å². The van der Waals surface area contributed by atoms with Gasteiger partial charge in [0.05, 0.1) is 6.54 Å². The first-order valence-corrected chi connectivity index (χ1v) is 9.33. The van der Waals surface area contributed by atoms with E-state index in [1.165, 1.54) is 4.31 Å². The van der Waals surface area contributed by atoms with Crippen molar-refractivity contribution in [1.82, 2.24) is 19.6 Å². The zero-order valence-electron chi connectivity index (χ0n) is 13.4. The average Bonchev–Trinajstić information content (AvgIpc) is 3.28. The Labute approximate surface area is 143 Å².